The van der Waals surface area contributed by atoms with Gasteiger partial charge < -0.3 is 18.4 Å². The molecule has 0 saturated carbocycles. The average molecular weight is 377 g/mol. The van der Waals surface area contributed by atoms with Crippen molar-refractivity contribution in [1.82, 2.24) is 15.4 Å². The summed E-state index contributed by atoms with van der Waals surface area (Å²) in [6, 6.07) is 4.40. The summed E-state index contributed by atoms with van der Waals surface area (Å²) in [7, 11) is 1.36. The Kier molecular flexibility index (Phi) is 4.51. The van der Waals surface area contributed by atoms with E-state index in [1.807, 2.05) is 0 Å². The van der Waals surface area contributed by atoms with Gasteiger partial charge in [-0.25, -0.2) is 0 Å². The number of hydrogen-bond donors (Lipinski definition) is 0. The predicted octanol–water partition coefficient (Wildman–Crippen LogP) is 4.13. The Labute approximate surface area is 153 Å². The van der Waals surface area contributed by atoms with E-state index < -0.39 is 6.61 Å². The summed E-state index contributed by atoms with van der Waals surface area (Å²) in [6.07, 6.45) is 2.75. The molecule has 1 unspecified atom stereocenters. The van der Waals surface area contributed by atoms with Gasteiger partial charge >= 0.3 is 6.61 Å². The standard InChI is InChI=1S/C18H17F2N3O4/c1-9-3-5-12-11(7-9)15(23-27-12)17-22-21-16(26-17)10-4-6-13(25-18(19)20)14(8-10)24-2/h4,6,8-9,18H,3,5,7H2,1-2H3. The second-order valence-electron chi connectivity index (χ2n) is 6.44. The van der Waals surface area contributed by atoms with Crippen LogP contribution in [0.15, 0.2) is 27.1 Å². The summed E-state index contributed by atoms with van der Waals surface area (Å²) in [6.45, 7) is -0.769. The van der Waals surface area contributed by atoms with Crippen LogP contribution in [0.25, 0.3) is 23.0 Å². The minimum Gasteiger partial charge on any atom is -0.493 e. The van der Waals surface area contributed by atoms with Gasteiger partial charge in [-0.1, -0.05) is 12.1 Å². The molecule has 0 aliphatic heterocycles. The highest BCUT2D eigenvalue weighted by Crippen LogP contribution is 2.36. The lowest BCUT2D eigenvalue weighted by Gasteiger charge is -2.15. The van der Waals surface area contributed by atoms with Gasteiger partial charge in [-0.2, -0.15) is 8.78 Å². The Bertz CT molecular complexity index is 954. The first-order chi connectivity index (χ1) is 13.0. The van der Waals surface area contributed by atoms with Gasteiger partial charge in [0.1, 0.15) is 5.76 Å². The van der Waals surface area contributed by atoms with Crippen molar-refractivity contribution < 1.29 is 27.2 Å². The van der Waals surface area contributed by atoms with Crippen LogP contribution in [0.2, 0.25) is 0 Å². The molecule has 0 N–H and O–H groups in total. The smallest absolute Gasteiger partial charge is 0.387 e. The van der Waals surface area contributed by atoms with Gasteiger partial charge in [0.25, 0.3) is 5.89 Å². The second kappa shape index (κ2) is 6.98. The molecule has 4 rings (SSSR count). The predicted molar refractivity (Wildman–Crippen MR) is 89.6 cm³/mol. The number of fused-ring (bicyclic) bond motifs is 1. The zero-order valence-corrected chi connectivity index (χ0v) is 14.7. The Morgan fingerprint density at radius 3 is 2.78 bits per heavy atom. The van der Waals surface area contributed by atoms with Crippen LogP contribution in [0.1, 0.15) is 24.7 Å². The molecule has 2 heterocycles. The van der Waals surface area contributed by atoms with Gasteiger partial charge in [-0.3, -0.25) is 0 Å². The maximum Gasteiger partial charge on any atom is 0.387 e. The molecular formula is C18H17F2N3O4. The number of halogens is 2. The van der Waals surface area contributed by atoms with Gasteiger partial charge in [-0.15, -0.1) is 10.2 Å². The summed E-state index contributed by atoms with van der Waals surface area (Å²) in [4.78, 5) is 0. The summed E-state index contributed by atoms with van der Waals surface area (Å²) >= 11 is 0. The minimum absolute atomic E-state index is 0.0736. The molecule has 9 heteroatoms. The van der Waals surface area contributed by atoms with E-state index >= 15 is 0 Å². The van der Waals surface area contributed by atoms with E-state index in [4.69, 9.17) is 13.7 Å². The number of aromatic nitrogens is 3. The molecule has 0 amide bonds. The number of methoxy groups -OCH3 is 1. The molecule has 0 fully saturated rings. The molecule has 1 aromatic carbocycles. The lowest BCUT2D eigenvalue weighted by atomic mass is 9.88. The first kappa shape index (κ1) is 17.4. The van der Waals surface area contributed by atoms with Crippen molar-refractivity contribution in [3.05, 3.63) is 29.5 Å². The third-order valence-corrected chi connectivity index (χ3v) is 4.54. The fourth-order valence-electron chi connectivity index (χ4n) is 3.18. The van der Waals surface area contributed by atoms with Crippen molar-refractivity contribution in [2.75, 3.05) is 7.11 Å². The number of alkyl halides is 2. The van der Waals surface area contributed by atoms with Gasteiger partial charge in [-0.05, 0) is 37.0 Å². The largest absolute Gasteiger partial charge is 0.493 e. The van der Waals surface area contributed by atoms with Crippen molar-refractivity contribution in [2.24, 2.45) is 5.92 Å². The number of rotatable bonds is 5. The van der Waals surface area contributed by atoms with Crippen LogP contribution in [0.4, 0.5) is 8.78 Å². The molecule has 27 heavy (non-hydrogen) atoms. The first-order valence-electron chi connectivity index (χ1n) is 8.49. The average Bonchev–Trinajstić information content (AvgIpc) is 3.28. The molecule has 0 bridgehead atoms. The fraction of sp³-hybridized carbons (Fsp3) is 0.389. The SMILES string of the molecule is COc1cc(-c2nnc(-c3noc4c3CC(C)CC4)o2)ccc1OC(F)F. The van der Waals surface area contributed by atoms with Crippen molar-refractivity contribution in [2.45, 2.75) is 32.8 Å². The van der Waals surface area contributed by atoms with E-state index in [2.05, 4.69) is 27.0 Å². The molecule has 2 aromatic heterocycles. The highest BCUT2D eigenvalue weighted by Gasteiger charge is 2.27. The molecular weight excluding hydrogens is 360 g/mol. The Hall–Kier alpha value is -2.97. The molecule has 0 spiro atoms. The number of ether oxygens (including phenoxy) is 2. The normalized spacial score (nSPS) is 16.4. The Morgan fingerprint density at radius 2 is 2.00 bits per heavy atom. The minimum atomic E-state index is -2.94. The van der Waals surface area contributed by atoms with Crippen molar-refractivity contribution in [3.63, 3.8) is 0 Å². The Balaban J connectivity index is 1.65. The highest BCUT2D eigenvalue weighted by molar-refractivity contribution is 5.62. The van der Waals surface area contributed by atoms with Crippen molar-refractivity contribution >= 4 is 0 Å². The van der Waals surface area contributed by atoms with E-state index in [0.717, 1.165) is 30.6 Å². The molecule has 3 aromatic rings. The number of nitrogens with zero attached hydrogens (tertiary/aromatic N) is 3. The number of benzene rings is 1. The highest BCUT2D eigenvalue weighted by atomic mass is 19.3. The lowest BCUT2D eigenvalue weighted by Crippen LogP contribution is -2.09. The molecule has 7 nitrogen and oxygen atoms in total. The van der Waals surface area contributed by atoms with Gasteiger partial charge in [0.05, 0.1) is 7.11 Å². The lowest BCUT2D eigenvalue weighted by molar-refractivity contribution is -0.0512. The topological polar surface area (TPSA) is 83.4 Å². The first-order valence-corrected chi connectivity index (χ1v) is 8.49. The van der Waals surface area contributed by atoms with Crippen LogP contribution in [-0.4, -0.2) is 29.1 Å². The summed E-state index contributed by atoms with van der Waals surface area (Å²) in [5, 5.41) is 12.2. The zero-order chi connectivity index (χ0) is 19.0. The van der Waals surface area contributed by atoms with Crippen LogP contribution >= 0.6 is 0 Å². The van der Waals surface area contributed by atoms with E-state index in [1.54, 1.807) is 0 Å². The van der Waals surface area contributed by atoms with Crippen LogP contribution in [0, 0.1) is 5.92 Å². The summed E-state index contributed by atoms with van der Waals surface area (Å²) < 4.78 is 45.6. The molecule has 0 radical (unpaired) electrons. The van der Waals surface area contributed by atoms with E-state index in [1.165, 1.54) is 25.3 Å². The maximum atomic E-state index is 12.5. The summed E-state index contributed by atoms with van der Waals surface area (Å²) in [5.41, 5.74) is 2.07. The van der Waals surface area contributed by atoms with Gasteiger partial charge in [0.2, 0.25) is 5.89 Å². The van der Waals surface area contributed by atoms with E-state index in [9.17, 15) is 8.78 Å². The van der Waals surface area contributed by atoms with E-state index in [-0.39, 0.29) is 23.3 Å². The molecule has 1 aliphatic rings. The Morgan fingerprint density at radius 1 is 1.19 bits per heavy atom. The molecule has 1 aliphatic carbocycles. The molecule has 0 saturated heterocycles. The third-order valence-electron chi connectivity index (χ3n) is 4.54. The van der Waals surface area contributed by atoms with Gasteiger partial charge in [0, 0.05) is 17.5 Å². The maximum absolute atomic E-state index is 12.5. The van der Waals surface area contributed by atoms with Crippen LogP contribution in [0.5, 0.6) is 11.5 Å². The number of aryl methyl sites for hydroxylation is 1. The number of hydrogen-bond acceptors (Lipinski definition) is 7. The summed E-state index contributed by atoms with van der Waals surface area (Å²) in [5.74, 6) is 1.93. The molecule has 142 valence electrons. The van der Waals surface area contributed by atoms with Crippen LogP contribution in [0.3, 0.4) is 0 Å². The monoisotopic (exact) mass is 377 g/mol. The van der Waals surface area contributed by atoms with Gasteiger partial charge in [0.15, 0.2) is 17.2 Å². The fourth-order valence-corrected chi connectivity index (χ4v) is 3.18. The second-order valence-corrected chi connectivity index (χ2v) is 6.44. The van der Waals surface area contributed by atoms with Crippen molar-refractivity contribution in [3.8, 4) is 34.5 Å². The van der Waals surface area contributed by atoms with Crippen LogP contribution < -0.4 is 9.47 Å². The van der Waals surface area contributed by atoms with Crippen molar-refractivity contribution in [1.29, 1.82) is 0 Å². The molecule has 1 atom stereocenters. The van der Waals surface area contributed by atoms with Crippen LogP contribution in [-0.2, 0) is 12.8 Å². The zero-order valence-electron chi connectivity index (χ0n) is 14.7. The quantitative estimate of drug-likeness (QED) is 0.661. The van der Waals surface area contributed by atoms with E-state index in [0.29, 0.717) is 17.2 Å². The third kappa shape index (κ3) is 3.36.